The lowest BCUT2D eigenvalue weighted by Gasteiger charge is -2.22. The minimum absolute atomic E-state index is 0.548. The SMILES string of the molecule is c1nc([C@@H]2CCCNC2)cnc1NC1CCCC1. The van der Waals surface area contributed by atoms with Crippen LogP contribution in [0.15, 0.2) is 12.4 Å². The van der Waals surface area contributed by atoms with E-state index in [0.29, 0.717) is 12.0 Å². The summed E-state index contributed by atoms with van der Waals surface area (Å²) in [7, 11) is 0. The van der Waals surface area contributed by atoms with Gasteiger partial charge in [-0.3, -0.25) is 4.98 Å². The Morgan fingerprint density at radius 1 is 1.06 bits per heavy atom. The molecule has 2 aliphatic rings. The lowest BCUT2D eigenvalue weighted by molar-refractivity contribution is 0.454. The molecule has 98 valence electrons. The Morgan fingerprint density at radius 3 is 2.61 bits per heavy atom. The predicted molar refractivity (Wildman–Crippen MR) is 72.8 cm³/mol. The molecule has 1 aromatic rings. The van der Waals surface area contributed by atoms with Crippen molar-refractivity contribution < 1.29 is 0 Å². The zero-order chi connectivity index (χ0) is 12.2. The van der Waals surface area contributed by atoms with E-state index in [-0.39, 0.29) is 0 Å². The van der Waals surface area contributed by atoms with Gasteiger partial charge in [0.15, 0.2) is 0 Å². The van der Waals surface area contributed by atoms with Crippen LogP contribution in [0.5, 0.6) is 0 Å². The van der Waals surface area contributed by atoms with Crippen LogP contribution in [0.3, 0.4) is 0 Å². The minimum Gasteiger partial charge on any atom is -0.366 e. The van der Waals surface area contributed by atoms with Crippen molar-refractivity contribution in [2.75, 3.05) is 18.4 Å². The summed E-state index contributed by atoms with van der Waals surface area (Å²) < 4.78 is 0. The normalized spacial score (nSPS) is 25.2. The van der Waals surface area contributed by atoms with Gasteiger partial charge < -0.3 is 10.6 Å². The molecule has 0 aromatic carbocycles. The summed E-state index contributed by atoms with van der Waals surface area (Å²) in [5.74, 6) is 1.49. The monoisotopic (exact) mass is 246 g/mol. The first-order chi connectivity index (χ1) is 8.92. The highest BCUT2D eigenvalue weighted by Gasteiger charge is 2.18. The largest absolute Gasteiger partial charge is 0.366 e. The molecule has 1 aliphatic heterocycles. The Hall–Kier alpha value is -1.16. The number of nitrogens with zero attached hydrogens (tertiary/aromatic N) is 2. The van der Waals surface area contributed by atoms with Gasteiger partial charge in [0.25, 0.3) is 0 Å². The Morgan fingerprint density at radius 2 is 1.94 bits per heavy atom. The Kier molecular flexibility index (Phi) is 3.74. The number of piperidine rings is 1. The molecule has 1 atom stereocenters. The minimum atomic E-state index is 0.548. The van der Waals surface area contributed by atoms with E-state index in [2.05, 4.69) is 20.6 Å². The number of aromatic nitrogens is 2. The van der Waals surface area contributed by atoms with Crippen LogP contribution in [0.2, 0.25) is 0 Å². The first-order valence-electron chi connectivity index (χ1n) is 7.21. The fourth-order valence-electron chi connectivity index (χ4n) is 3.01. The summed E-state index contributed by atoms with van der Waals surface area (Å²) in [5, 5.41) is 6.91. The predicted octanol–water partition coefficient (Wildman–Crippen LogP) is 2.30. The molecular weight excluding hydrogens is 224 g/mol. The van der Waals surface area contributed by atoms with Gasteiger partial charge in [0, 0.05) is 18.5 Å². The van der Waals surface area contributed by atoms with Gasteiger partial charge in [0.05, 0.1) is 18.1 Å². The molecule has 3 rings (SSSR count). The van der Waals surface area contributed by atoms with E-state index in [1.54, 1.807) is 0 Å². The van der Waals surface area contributed by atoms with E-state index in [0.717, 1.165) is 24.6 Å². The molecular formula is C14H22N4. The lowest BCUT2D eigenvalue weighted by Crippen LogP contribution is -2.29. The molecule has 0 radical (unpaired) electrons. The second kappa shape index (κ2) is 5.65. The fourth-order valence-corrected chi connectivity index (χ4v) is 3.01. The van der Waals surface area contributed by atoms with Crippen LogP contribution in [-0.2, 0) is 0 Å². The quantitative estimate of drug-likeness (QED) is 0.859. The van der Waals surface area contributed by atoms with E-state index in [1.807, 2.05) is 12.4 Å². The van der Waals surface area contributed by atoms with Gasteiger partial charge in [-0.05, 0) is 32.2 Å². The second-order valence-electron chi connectivity index (χ2n) is 5.50. The summed E-state index contributed by atoms with van der Waals surface area (Å²) in [6.07, 6.45) is 11.6. The van der Waals surface area contributed by atoms with E-state index < -0.39 is 0 Å². The summed E-state index contributed by atoms with van der Waals surface area (Å²) in [6, 6.07) is 0.612. The van der Waals surface area contributed by atoms with Crippen molar-refractivity contribution in [3.63, 3.8) is 0 Å². The van der Waals surface area contributed by atoms with E-state index in [1.165, 1.54) is 38.5 Å². The molecule has 4 nitrogen and oxygen atoms in total. The van der Waals surface area contributed by atoms with E-state index in [4.69, 9.17) is 0 Å². The molecule has 0 spiro atoms. The third kappa shape index (κ3) is 2.80. The van der Waals surface area contributed by atoms with Gasteiger partial charge in [0.1, 0.15) is 5.82 Å². The molecule has 2 fully saturated rings. The Bertz CT molecular complexity index is 364. The van der Waals surface area contributed by atoms with Crippen LogP contribution in [0, 0.1) is 0 Å². The summed E-state index contributed by atoms with van der Waals surface area (Å²) in [5.41, 5.74) is 1.14. The number of anilines is 1. The van der Waals surface area contributed by atoms with Gasteiger partial charge in [-0.1, -0.05) is 12.8 Å². The van der Waals surface area contributed by atoms with Crippen LogP contribution < -0.4 is 10.6 Å². The summed E-state index contributed by atoms with van der Waals surface area (Å²) in [6.45, 7) is 2.19. The van der Waals surface area contributed by atoms with Crippen molar-refractivity contribution in [1.29, 1.82) is 0 Å². The highest BCUT2D eigenvalue weighted by atomic mass is 15.0. The molecule has 2 N–H and O–H groups in total. The van der Waals surface area contributed by atoms with Crippen LogP contribution in [-0.4, -0.2) is 29.1 Å². The fraction of sp³-hybridized carbons (Fsp3) is 0.714. The van der Waals surface area contributed by atoms with Crippen LogP contribution in [0.4, 0.5) is 5.82 Å². The van der Waals surface area contributed by atoms with E-state index >= 15 is 0 Å². The maximum atomic E-state index is 4.58. The van der Waals surface area contributed by atoms with Crippen LogP contribution in [0.1, 0.15) is 50.1 Å². The molecule has 1 saturated carbocycles. The third-order valence-corrected chi connectivity index (χ3v) is 4.09. The Balaban J connectivity index is 1.60. The smallest absolute Gasteiger partial charge is 0.144 e. The van der Waals surface area contributed by atoms with Crippen molar-refractivity contribution in [3.8, 4) is 0 Å². The maximum absolute atomic E-state index is 4.58. The second-order valence-corrected chi connectivity index (χ2v) is 5.50. The van der Waals surface area contributed by atoms with Crippen molar-refractivity contribution >= 4 is 5.82 Å². The highest BCUT2D eigenvalue weighted by Crippen LogP contribution is 2.23. The van der Waals surface area contributed by atoms with E-state index in [9.17, 15) is 0 Å². The molecule has 1 saturated heterocycles. The van der Waals surface area contributed by atoms with Crippen molar-refractivity contribution in [2.45, 2.75) is 50.5 Å². The third-order valence-electron chi connectivity index (χ3n) is 4.09. The molecule has 0 unspecified atom stereocenters. The highest BCUT2D eigenvalue weighted by molar-refractivity contribution is 5.33. The van der Waals surface area contributed by atoms with Gasteiger partial charge >= 0.3 is 0 Å². The molecule has 0 bridgehead atoms. The van der Waals surface area contributed by atoms with Gasteiger partial charge in [-0.25, -0.2) is 4.98 Å². The average molecular weight is 246 g/mol. The first-order valence-corrected chi connectivity index (χ1v) is 7.21. The molecule has 1 aliphatic carbocycles. The number of hydrogen-bond acceptors (Lipinski definition) is 4. The molecule has 2 heterocycles. The number of hydrogen-bond donors (Lipinski definition) is 2. The van der Waals surface area contributed by atoms with Gasteiger partial charge in [0.2, 0.25) is 0 Å². The zero-order valence-corrected chi connectivity index (χ0v) is 10.9. The number of rotatable bonds is 3. The molecule has 0 amide bonds. The molecule has 1 aromatic heterocycles. The summed E-state index contributed by atoms with van der Waals surface area (Å²) >= 11 is 0. The standard InChI is InChI=1S/C14H22N4/c1-2-6-12(5-1)18-14-10-16-13(9-17-14)11-4-3-7-15-8-11/h9-12,15H,1-8H2,(H,17,18)/t11-/m1/s1. The first kappa shape index (κ1) is 11.9. The Labute approximate surface area is 109 Å². The van der Waals surface area contributed by atoms with Gasteiger partial charge in [-0.2, -0.15) is 0 Å². The maximum Gasteiger partial charge on any atom is 0.144 e. The molecule has 18 heavy (non-hydrogen) atoms. The van der Waals surface area contributed by atoms with Crippen molar-refractivity contribution in [3.05, 3.63) is 18.1 Å². The average Bonchev–Trinajstić information content (AvgIpc) is 2.94. The summed E-state index contributed by atoms with van der Waals surface area (Å²) in [4.78, 5) is 9.10. The zero-order valence-electron chi connectivity index (χ0n) is 10.9. The topological polar surface area (TPSA) is 49.8 Å². The van der Waals surface area contributed by atoms with Crippen LogP contribution in [0.25, 0.3) is 0 Å². The van der Waals surface area contributed by atoms with Crippen molar-refractivity contribution in [2.24, 2.45) is 0 Å². The molecule has 4 heteroatoms. The lowest BCUT2D eigenvalue weighted by atomic mass is 9.97. The van der Waals surface area contributed by atoms with Gasteiger partial charge in [-0.15, -0.1) is 0 Å². The van der Waals surface area contributed by atoms with Crippen molar-refractivity contribution in [1.82, 2.24) is 15.3 Å². The number of nitrogens with one attached hydrogen (secondary N) is 2. The van der Waals surface area contributed by atoms with Crippen LogP contribution >= 0.6 is 0 Å².